The molecule has 0 atom stereocenters. The molecule has 0 aliphatic heterocycles. The normalized spacial score (nSPS) is 11.2. The van der Waals surface area contributed by atoms with Gasteiger partial charge in [0.05, 0.1) is 10.6 Å². The van der Waals surface area contributed by atoms with Crippen LogP contribution in [0.25, 0.3) is 0 Å². The largest absolute Gasteiger partial charge is 0.399 e. The zero-order valence-electron chi connectivity index (χ0n) is 10.9. The summed E-state index contributed by atoms with van der Waals surface area (Å²) >= 11 is 0. The van der Waals surface area contributed by atoms with Gasteiger partial charge >= 0.3 is 0 Å². The molecule has 102 valence electrons. The maximum atomic E-state index is 10.9. The Morgan fingerprint density at radius 2 is 1.85 bits per heavy atom. The van der Waals surface area contributed by atoms with E-state index in [9.17, 15) is 10.1 Å². The van der Waals surface area contributed by atoms with Crippen molar-refractivity contribution in [3.63, 3.8) is 0 Å². The molecule has 0 saturated carbocycles. The zero-order chi connectivity index (χ0) is 14.5. The molecule has 6 nitrogen and oxygen atoms in total. The fraction of sp³-hybridized carbons (Fsp3) is 0.0714. The van der Waals surface area contributed by atoms with Gasteiger partial charge < -0.3 is 5.73 Å². The smallest absolute Gasteiger partial charge is 0.294 e. The number of nitro benzene ring substituents is 1. The number of nitrogen functional groups attached to an aromatic ring is 1. The predicted molar refractivity (Wildman–Crippen MR) is 79.8 cm³/mol. The minimum absolute atomic E-state index is 0.0126. The topological polar surface area (TPSA) is 93.5 Å². The number of para-hydroxylation sites is 2. The van der Waals surface area contributed by atoms with Crippen LogP contribution in [-0.4, -0.2) is 10.6 Å². The number of hydrogen-bond donors (Lipinski definition) is 2. The Bertz CT molecular complexity index is 650. The first-order chi connectivity index (χ1) is 9.58. The monoisotopic (exact) mass is 270 g/mol. The Morgan fingerprint density at radius 3 is 2.50 bits per heavy atom. The maximum absolute atomic E-state index is 10.9. The van der Waals surface area contributed by atoms with Crippen molar-refractivity contribution in [3.8, 4) is 0 Å². The lowest BCUT2D eigenvalue weighted by atomic mass is 10.1. The Kier molecular flexibility index (Phi) is 3.95. The summed E-state index contributed by atoms with van der Waals surface area (Å²) in [7, 11) is 0. The molecule has 0 aromatic heterocycles. The van der Waals surface area contributed by atoms with Crippen LogP contribution in [-0.2, 0) is 0 Å². The Hall–Kier alpha value is -2.89. The average Bonchev–Trinajstić information content (AvgIpc) is 2.45. The highest BCUT2D eigenvalue weighted by atomic mass is 16.6. The summed E-state index contributed by atoms with van der Waals surface area (Å²) in [5.74, 6) is 0. The van der Waals surface area contributed by atoms with E-state index in [1.807, 2.05) is 19.1 Å². The molecular formula is C14H14N4O2. The Labute approximate surface area is 116 Å². The lowest BCUT2D eigenvalue weighted by Crippen LogP contribution is -2.01. The zero-order valence-corrected chi connectivity index (χ0v) is 10.9. The van der Waals surface area contributed by atoms with Crippen LogP contribution < -0.4 is 11.2 Å². The van der Waals surface area contributed by atoms with E-state index in [0.29, 0.717) is 17.1 Å². The van der Waals surface area contributed by atoms with Crippen LogP contribution in [0.5, 0.6) is 0 Å². The molecule has 0 aliphatic rings. The molecule has 3 N–H and O–H groups in total. The quantitative estimate of drug-likeness (QED) is 0.386. The van der Waals surface area contributed by atoms with Crippen molar-refractivity contribution in [2.24, 2.45) is 5.10 Å². The van der Waals surface area contributed by atoms with Gasteiger partial charge in [-0.1, -0.05) is 24.3 Å². The number of nitro groups is 1. The minimum atomic E-state index is -0.448. The van der Waals surface area contributed by atoms with Crippen molar-refractivity contribution in [2.75, 3.05) is 11.2 Å². The van der Waals surface area contributed by atoms with Crippen LogP contribution in [0.2, 0.25) is 0 Å². The van der Waals surface area contributed by atoms with Crippen molar-refractivity contribution >= 4 is 22.8 Å². The number of benzene rings is 2. The number of nitrogens with two attached hydrogens (primary N) is 1. The Balaban J connectivity index is 2.21. The summed E-state index contributed by atoms with van der Waals surface area (Å²) in [5, 5.41) is 15.0. The van der Waals surface area contributed by atoms with Crippen molar-refractivity contribution in [2.45, 2.75) is 6.92 Å². The van der Waals surface area contributed by atoms with Gasteiger partial charge in [0, 0.05) is 11.8 Å². The minimum Gasteiger partial charge on any atom is -0.399 e. The van der Waals surface area contributed by atoms with E-state index in [1.165, 1.54) is 6.07 Å². The molecular weight excluding hydrogens is 256 g/mol. The van der Waals surface area contributed by atoms with E-state index in [0.717, 1.165) is 5.56 Å². The van der Waals surface area contributed by atoms with Crippen molar-refractivity contribution in [1.82, 2.24) is 0 Å². The number of nitrogens with zero attached hydrogens (tertiary/aromatic N) is 2. The fourth-order valence-corrected chi connectivity index (χ4v) is 1.66. The highest BCUT2D eigenvalue weighted by Crippen LogP contribution is 2.23. The summed E-state index contributed by atoms with van der Waals surface area (Å²) in [4.78, 5) is 10.4. The molecule has 0 saturated heterocycles. The molecule has 0 spiro atoms. The number of nitrogens with one attached hydrogen (secondary N) is 1. The van der Waals surface area contributed by atoms with Gasteiger partial charge in [0.2, 0.25) is 0 Å². The van der Waals surface area contributed by atoms with Gasteiger partial charge in [-0.15, -0.1) is 0 Å². The Morgan fingerprint density at radius 1 is 1.20 bits per heavy atom. The third-order valence-electron chi connectivity index (χ3n) is 2.77. The summed E-state index contributed by atoms with van der Waals surface area (Å²) in [6.07, 6.45) is 0. The molecule has 0 aliphatic carbocycles. The average molecular weight is 270 g/mol. The van der Waals surface area contributed by atoms with Crippen LogP contribution in [0.1, 0.15) is 12.5 Å². The molecule has 2 aromatic carbocycles. The molecule has 2 aromatic rings. The molecule has 6 heteroatoms. The lowest BCUT2D eigenvalue weighted by Gasteiger charge is -2.04. The summed E-state index contributed by atoms with van der Waals surface area (Å²) in [6.45, 7) is 1.81. The van der Waals surface area contributed by atoms with E-state index in [-0.39, 0.29) is 5.69 Å². The van der Waals surface area contributed by atoms with Crippen molar-refractivity contribution < 1.29 is 4.92 Å². The molecule has 2 rings (SSSR count). The highest BCUT2D eigenvalue weighted by molar-refractivity contribution is 5.99. The van der Waals surface area contributed by atoms with Gasteiger partial charge in [0.1, 0.15) is 5.69 Å². The van der Waals surface area contributed by atoms with Crippen LogP contribution in [0, 0.1) is 10.1 Å². The molecule has 0 bridgehead atoms. The van der Waals surface area contributed by atoms with Crippen LogP contribution in [0.3, 0.4) is 0 Å². The third-order valence-corrected chi connectivity index (χ3v) is 2.77. The molecule has 0 unspecified atom stereocenters. The number of anilines is 2. The number of hydrazone groups is 1. The molecule has 0 fully saturated rings. The second kappa shape index (κ2) is 5.83. The van der Waals surface area contributed by atoms with Gasteiger partial charge in [-0.25, -0.2) is 0 Å². The van der Waals surface area contributed by atoms with Crippen LogP contribution in [0.15, 0.2) is 53.6 Å². The van der Waals surface area contributed by atoms with E-state index in [4.69, 9.17) is 5.73 Å². The van der Waals surface area contributed by atoms with E-state index >= 15 is 0 Å². The predicted octanol–water partition coefficient (Wildman–Crippen LogP) is 3.01. The molecule has 0 heterocycles. The number of rotatable bonds is 4. The third kappa shape index (κ3) is 3.11. The van der Waals surface area contributed by atoms with Gasteiger partial charge in [-0.3, -0.25) is 15.5 Å². The van der Waals surface area contributed by atoms with E-state index in [1.54, 1.807) is 30.3 Å². The van der Waals surface area contributed by atoms with E-state index < -0.39 is 4.92 Å². The summed E-state index contributed by atoms with van der Waals surface area (Å²) < 4.78 is 0. The fourth-order valence-electron chi connectivity index (χ4n) is 1.66. The molecule has 20 heavy (non-hydrogen) atoms. The maximum Gasteiger partial charge on any atom is 0.294 e. The van der Waals surface area contributed by atoms with Crippen LogP contribution in [0.4, 0.5) is 17.1 Å². The summed E-state index contributed by atoms with van der Waals surface area (Å²) in [5.41, 5.74) is 11.0. The van der Waals surface area contributed by atoms with Crippen LogP contribution >= 0.6 is 0 Å². The van der Waals surface area contributed by atoms with Crippen molar-refractivity contribution in [3.05, 3.63) is 64.2 Å². The molecule has 0 amide bonds. The van der Waals surface area contributed by atoms with Crippen molar-refractivity contribution in [1.29, 1.82) is 0 Å². The van der Waals surface area contributed by atoms with E-state index in [2.05, 4.69) is 10.5 Å². The molecule has 0 radical (unpaired) electrons. The lowest BCUT2D eigenvalue weighted by molar-refractivity contribution is -0.384. The first-order valence-corrected chi connectivity index (χ1v) is 5.97. The standard InChI is InChI=1S/C14H14N4O2/c1-10(11-6-8-12(15)9-7-11)16-17-13-4-2-3-5-14(13)18(19)20/h2-9,17H,15H2,1H3/b16-10-. The van der Waals surface area contributed by atoms with Gasteiger partial charge in [0.25, 0.3) is 5.69 Å². The first-order valence-electron chi connectivity index (χ1n) is 5.97. The van der Waals surface area contributed by atoms with Gasteiger partial charge in [0.15, 0.2) is 0 Å². The summed E-state index contributed by atoms with van der Waals surface area (Å²) in [6, 6.07) is 13.6. The highest BCUT2D eigenvalue weighted by Gasteiger charge is 2.11. The second-order valence-corrected chi connectivity index (χ2v) is 4.21. The second-order valence-electron chi connectivity index (χ2n) is 4.21. The number of hydrogen-bond acceptors (Lipinski definition) is 5. The first kappa shape index (κ1) is 13.5. The SMILES string of the molecule is C/C(=N/Nc1ccccc1[N+](=O)[O-])c1ccc(N)cc1. The van der Waals surface area contributed by atoms with Gasteiger partial charge in [-0.2, -0.15) is 5.10 Å². The van der Waals surface area contributed by atoms with Gasteiger partial charge in [-0.05, 0) is 30.7 Å².